The lowest BCUT2D eigenvalue weighted by Gasteiger charge is -2.06. The normalized spacial score (nSPS) is 11.5. The molecule has 0 aliphatic rings. The largest absolute Gasteiger partial charge is 0.329 e. The molecule has 0 radical (unpaired) electrons. The quantitative estimate of drug-likeness (QED) is 0.709. The average molecular weight is 300 g/mol. The van der Waals surface area contributed by atoms with Crippen molar-refractivity contribution in [3.8, 4) is 0 Å². The van der Waals surface area contributed by atoms with E-state index in [-0.39, 0.29) is 5.69 Å². The summed E-state index contributed by atoms with van der Waals surface area (Å²) < 4.78 is 3.67. The maximum Gasteiger partial charge on any atom is 0.329 e. The maximum absolute atomic E-state index is 12.5. The van der Waals surface area contributed by atoms with E-state index in [9.17, 15) is 4.79 Å². The van der Waals surface area contributed by atoms with Crippen LogP contribution in [-0.2, 0) is 13.6 Å². The molecule has 110 valence electrons. The van der Waals surface area contributed by atoms with Crippen LogP contribution in [0.4, 0.5) is 0 Å². The lowest BCUT2D eigenvalue weighted by atomic mass is 10.1. The first-order valence-electron chi connectivity index (χ1n) is 7.11. The number of aromatic nitrogens is 2. The first-order valence-corrected chi connectivity index (χ1v) is 7.93. The molecule has 0 saturated heterocycles. The molecule has 0 atom stereocenters. The first-order chi connectivity index (χ1) is 9.90. The second-order valence-corrected chi connectivity index (χ2v) is 6.99. The van der Waals surface area contributed by atoms with Crippen molar-refractivity contribution in [3.05, 3.63) is 55.8 Å². The Morgan fingerprint density at radius 3 is 2.48 bits per heavy atom. The van der Waals surface area contributed by atoms with Gasteiger partial charge in [0, 0.05) is 11.9 Å². The van der Waals surface area contributed by atoms with Gasteiger partial charge in [0.25, 0.3) is 0 Å². The topological polar surface area (TPSA) is 26.9 Å². The Labute approximate surface area is 128 Å². The van der Waals surface area contributed by atoms with Crippen LogP contribution in [-0.4, -0.2) is 9.13 Å². The van der Waals surface area contributed by atoms with Gasteiger partial charge in [-0.3, -0.25) is 9.13 Å². The van der Waals surface area contributed by atoms with E-state index in [1.54, 1.807) is 15.9 Å². The summed E-state index contributed by atoms with van der Waals surface area (Å²) in [5.74, 6) is 0. The SMILES string of the molecule is Cc1ccc(Cn2c(=O)n(C)c3c(C)c(C)sc32)cc1C. The summed E-state index contributed by atoms with van der Waals surface area (Å²) in [5, 5.41) is 0. The summed E-state index contributed by atoms with van der Waals surface area (Å²) >= 11 is 1.71. The molecule has 0 amide bonds. The number of rotatable bonds is 2. The highest BCUT2D eigenvalue weighted by atomic mass is 32.1. The van der Waals surface area contributed by atoms with E-state index in [4.69, 9.17) is 0 Å². The smallest absolute Gasteiger partial charge is 0.294 e. The Bertz CT molecular complexity index is 896. The molecule has 0 N–H and O–H groups in total. The zero-order valence-electron chi connectivity index (χ0n) is 13.2. The lowest BCUT2D eigenvalue weighted by Crippen LogP contribution is -2.22. The molecule has 21 heavy (non-hydrogen) atoms. The molecule has 0 spiro atoms. The number of thiophene rings is 1. The van der Waals surface area contributed by atoms with Gasteiger partial charge in [-0.15, -0.1) is 11.3 Å². The molecule has 1 aromatic carbocycles. The van der Waals surface area contributed by atoms with Crippen molar-refractivity contribution in [2.75, 3.05) is 0 Å². The summed E-state index contributed by atoms with van der Waals surface area (Å²) in [6.07, 6.45) is 0. The van der Waals surface area contributed by atoms with Crippen molar-refractivity contribution in [1.82, 2.24) is 9.13 Å². The zero-order chi connectivity index (χ0) is 15.3. The molecule has 3 nitrogen and oxygen atoms in total. The van der Waals surface area contributed by atoms with E-state index in [0.29, 0.717) is 6.54 Å². The highest BCUT2D eigenvalue weighted by molar-refractivity contribution is 7.18. The van der Waals surface area contributed by atoms with Gasteiger partial charge < -0.3 is 0 Å². The molecule has 0 bridgehead atoms. The van der Waals surface area contributed by atoms with Crippen LogP contribution in [0.3, 0.4) is 0 Å². The number of fused-ring (bicyclic) bond motifs is 1. The summed E-state index contributed by atoms with van der Waals surface area (Å²) in [5.41, 5.74) is 6.09. The van der Waals surface area contributed by atoms with Gasteiger partial charge in [-0.05, 0) is 49.9 Å². The van der Waals surface area contributed by atoms with Crippen LogP contribution in [0.25, 0.3) is 10.3 Å². The Kier molecular flexibility index (Phi) is 3.29. The predicted molar refractivity (Wildman–Crippen MR) is 89.5 cm³/mol. The average Bonchev–Trinajstić information content (AvgIpc) is 2.85. The number of benzene rings is 1. The highest BCUT2D eigenvalue weighted by Crippen LogP contribution is 2.29. The van der Waals surface area contributed by atoms with Crippen LogP contribution in [0.1, 0.15) is 27.1 Å². The van der Waals surface area contributed by atoms with E-state index in [2.05, 4.69) is 45.9 Å². The third-order valence-corrected chi connectivity index (χ3v) is 5.57. The Morgan fingerprint density at radius 2 is 1.81 bits per heavy atom. The molecule has 3 rings (SSSR count). The van der Waals surface area contributed by atoms with Crippen LogP contribution >= 0.6 is 11.3 Å². The van der Waals surface area contributed by atoms with Crippen molar-refractivity contribution in [2.45, 2.75) is 34.2 Å². The Morgan fingerprint density at radius 1 is 1.10 bits per heavy atom. The molecule has 0 aliphatic carbocycles. The van der Waals surface area contributed by atoms with Gasteiger partial charge in [0.1, 0.15) is 4.83 Å². The fourth-order valence-electron chi connectivity index (χ4n) is 2.76. The van der Waals surface area contributed by atoms with Crippen molar-refractivity contribution in [2.24, 2.45) is 7.05 Å². The standard InChI is InChI=1S/C17H20N2OS/c1-10-6-7-14(8-11(10)2)9-19-16-15(18(5)17(19)20)12(3)13(4)21-16/h6-8H,9H2,1-5H3. The number of hydrogen-bond donors (Lipinski definition) is 0. The van der Waals surface area contributed by atoms with Crippen LogP contribution in [0.15, 0.2) is 23.0 Å². The van der Waals surface area contributed by atoms with E-state index in [1.165, 1.54) is 27.1 Å². The molecule has 0 aliphatic heterocycles. The summed E-state index contributed by atoms with van der Waals surface area (Å²) in [6, 6.07) is 6.41. The van der Waals surface area contributed by atoms with Crippen LogP contribution < -0.4 is 5.69 Å². The number of hydrogen-bond acceptors (Lipinski definition) is 2. The maximum atomic E-state index is 12.5. The molecule has 2 heterocycles. The van der Waals surface area contributed by atoms with E-state index in [0.717, 1.165) is 10.3 Å². The first kappa shape index (κ1) is 14.1. The van der Waals surface area contributed by atoms with Gasteiger partial charge in [0.05, 0.1) is 12.1 Å². The molecule has 0 fully saturated rings. The fraction of sp³-hybridized carbons (Fsp3) is 0.353. The van der Waals surface area contributed by atoms with Crippen molar-refractivity contribution in [3.63, 3.8) is 0 Å². The van der Waals surface area contributed by atoms with Gasteiger partial charge in [-0.25, -0.2) is 4.79 Å². The minimum Gasteiger partial charge on any atom is -0.294 e. The zero-order valence-corrected chi connectivity index (χ0v) is 14.0. The number of imidazole rings is 1. The van der Waals surface area contributed by atoms with Gasteiger partial charge >= 0.3 is 5.69 Å². The summed E-state index contributed by atoms with van der Waals surface area (Å²) in [7, 11) is 1.86. The second-order valence-electron chi connectivity index (χ2n) is 5.78. The number of aryl methyl sites for hydroxylation is 5. The molecule has 2 aromatic heterocycles. The fourth-order valence-corrected chi connectivity index (χ4v) is 3.94. The molecule has 3 aromatic rings. The molecule has 4 heteroatoms. The van der Waals surface area contributed by atoms with E-state index >= 15 is 0 Å². The molecular formula is C17H20N2OS. The molecule has 0 unspecified atom stereocenters. The third kappa shape index (κ3) is 2.14. The Hall–Kier alpha value is -1.81. The predicted octanol–water partition coefficient (Wildman–Crippen LogP) is 3.68. The van der Waals surface area contributed by atoms with Crippen LogP contribution in [0, 0.1) is 27.7 Å². The van der Waals surface area contributed by atoms with Crippen LogP contribution in [0.5, 0.6) is 0 Å². The van der Waals surface area contributed by atoms with E-state index in [1.807, 2.05) is 11.6 Å². The van der Waals surface area contributed by atoms with Crippen molar-refractivity contribution >= 4 is 21.7 Å². The summed E-state index contributed by atoms with van der Waals surface area (Å²) in [4.78, 5) is 14.9. The van der Waals surface area contributed by atoms with Crippen molar-refractivity contribution in [1.29, 1.82) is 0 Å². The van der Waals surface area contributed by atoms with Gasteiger partial charge in [-0.2, -0.15) is 0 Å². The highest BCUT2D eigenvalue weighted by Gasteiger charge is 2.17. The summed E-state index contributed by atoms with van der Waals surface area (Å²) in [6.45, 7) is 9.06. The minimum atomic E-state index is 0.0672. The number of nitrogens with zero attached hydrogens (tertiary/aromatic N) is 2. The monoisotopic (exact) mass is 300 g/mol. The van der Waals surface area contributed by atoms with Gasteiger partial charge in [0.2, 0.25) is 0 Å². The minimum absolute atomic E-state index is 0.0672. The molecule has 0 saturated carbocycles. The van der Waals surface area contributed by atoms with E-state index < -0.39 is 0 Å². The van der Waals surface area contributed by atoms with Gasteiger partial charge in [-0.1, -0.05) is 18.2 Å². The van der Waals surface area contributed by atoms with Gasteiger partial charge in [0.15, 0.2) is 0 Å². The lowest BCUT2D eigenvalue weighted by molar-refractivity contribution is 0.737. The third-order valence-electron chi connectivity index (χ3n) is 4.35. The Balaban J connectivity index is 2.16. The second kappa shape index (κ2) is 4.88. The van der Waals surface area contributed by atoms with Crippen LogP contribution in [0.2, 0.25) is 0 Å². The van der Waals surface area contributed by atoms with Crippen molar-refractivity contribution < 1.29 is 0 Å². The molecular weight excluding hydrogens is 280 g/mol.